The molecule has 1 unspecified atom stereocenters. The van der Waals surface area contributed by atoms with Crippen molar-refractivity contribution >= 4 is 11.6 Å². The van der Waals surface area contributed by atoms with Crippen molar-refractivity contribution in [2.24, 2.45) is 0 Å². The third-order valence-electron chi connectivity index (χ3n) is 3.58. The fraction of sp³-hybridized carbons (Fsp3) is 0.643. The lowest BCUT2D eigenvalue weighted by Gasteiger charge is -2.23. The highest BCUT2D eigenvalue weighted by atomic mass is 16.5. The molecule has 1 aromatic rings. The van der Waals surface area contributed by atoms with Crippen LogP contribution in [-0.2, 0) is 4.74 Å². The summed E-state index contributed by atoms with van der Waals surface area (Å²) in [6.45, 7) is 7.40. The topological polar surface area (TPSA) is 69.3 Å². The van der Waals surface area contributed by atoms with Crippen LogP contribution < -0.4 is 11.1 Å². The number of hydrogen-bond donors (Lipinski definition) is 2. The molecule has 0 spiro atoms. The zero-order valence-corrected chi connectivity index (χ0v) is 11.9. The van der Waals surface area contributed by atoms with E-state index in [1.54, 1.807) is 12.3 Å². The van der Waals surface area contributed by atoms with E-state index in [1.807, 2.05) is 25.3 Å². The van der Waals surface area contributed by atoms with Gasteiger partial charge in [0.15, 0.2) is 0 Å². The zero-order valence-electron chi connectivity index (χ0n) is 11.9. The summed E-state index contributed by atoms with van der Waals surface area (Å²) >= 11 is 0. The Morgan fingerprint density at radius 3 is 2.95 bits per heavy atom. The molecule has 1 saturated heterocycles. The van der Waals surface area contributed by atoms with Gasteiger partial charge in [0.2, 0.25) is 0 Å². The van der Waals surface area contributed by atoms with E-state index in [4.69, 9.17) is 10.5 Å². The van der Waals surface area contributed by atoms with E-state index in [0.717, 1.165) is 19.4 Å². The Balaban J connectivity index is 2.03. The van der Waals surface area contributed by atoms with Crippen LogP contribution in [0, 0.1) is 0 Å². The number of ether oxygens (including phenoxy) is 1. The largest absolute Gasteiger partial charge is 0.397 e. The van der Waals surface area contributed by atoms with Crippen LogP contribution in [0.1, 0.15) is 50.1 Å². The highest BCUT2D eigenvalue weighted by Gasteiger charge is 2.30. The van der Waals surface area contributed by atoms with Gasteiger partial charge >= 0.3 is 0 Å². The van der Waals surface area contributed by atoms with Crippen molar-refractivity contribution in [3.63, 3.8) is 0 Å². The lowest BCUT2D eigenvalue weighted by molar-refractivity contribution is 0.0205. The van der Waals surface area contributed by atoms with Crippen molar-refractivity contribution in [3.8, 4) is 0 Å². The standard InChI is InChI=1S/C14H23N3O2/c1-10(2)17-8-11(15)7-12(17)13(18)16-9-14(3)5-4-6-19-14/h7-8,10H,4-6,9,15H2,1-3H3,(H,16,18). The molecule has 3 N–H and O–H groups in total. The molecule has 0 aliphatic carbocycles. The Bertz CT molecular complexity index is 459. The monoisotopic (exact) mass is 265 g/mol. The normalized spacial score (nSPS) is 22.9. The molecule has 0 radical (unpaired) electrons. The minimum atomic E-state index is -0.226. The Labute approximate surface area is 114 Å². The lowest BCUT2D eigenvalue weighted by atomic mass is 10.0. The molecule has 1 aromatic heterocycles. The molecule has 2 heterocycles. The van der Waals surface area contributed by atoms with Crippen LogP contribution >= 0.6 is 0 Å². The zero-order chi connectivity index (χ0) is 14.0. The van der Waals surface area contributed by atoms with E-state index in [2.05, 4.69) is 5.32 Å². The molecule has 5 heteroatoms. The van der Waals surface area contributed by atoms with Gasteiger partial charge in [-0.25, -0.2) is 0 Å². The molecular weight excluding hydrogens is 242 g/mol. The number of carbonyl (C=O) groups is 1. The van der Waals surface area contributed by atoms with Crippen LogP contribution in [0.2, 0.25) is 0 Å². The number of anilines is 1. The van der Waals surface area contributed by atoms with Crippen molar-refractivity contribution in [2.75, 3.05) is 18.9 Å². The van der Waals surface area contributed by atoms with Gasteiger partial charge in [-0.15, -0.1) is 0 Å². The number of nitrogens with two attached hydrogens (primary N) is 1. The van der Waals surface area contributed by atoms with Crippen molar-refractivity contribution in [1.82, 2.24) is 9.88 Å². The van der Waals surface area contributed by atoms with E-state index >= 15 is 0 Å². The van der Waals surface area contributed by atoms with Crippen molar-refractivity contribution in [1.29, 1.82) is 0 Å². The van der Waals surface area contributed by atoms with Crippen LogP contribution in [0.25, 0.3) is 0 Å². The first-order valence-corrected chi connectivity index (χ1v) is 6.81. The van der Waals surface area contributed by atoms with E-state index in [1.165, 1.54) is 0 Å². The summed E-state index contributed by atoms with van der Waals surface area (Å²) in [6, 6.07) is 1.92. The number of nitrogens with zero attached hydrogens (tertiary/aromatic N) is 1. The van der Waals surface area contributed by atoms with Gasteiger partial charge in [-0.3, -0.25) is 4.79 Å². The van der Waals surface area contributed by atoms with E-state index in [9.17, 15) is 4.79 Å². The van der Waals surface area contributed by atoms with E-state index < -0.39 is 0 Å². The average molecular weight is 265 g/mol. The first kappa shape index (κ1) is 13.9. The van der Waals surface area contributed by atoms with Gasteiger partial charge < -0.3 is 20.4 Å². The lowest BCUT2D eigenvalue weighted by Crippen LogP contribution is -2.40. The number of rotatable bonds is 4. The Morgan fingerprint density at radius 1 is 1.63 bits per heavy atom. The number of nitrogen functional groups attached to an aromatic ring is 1. The number of aromatic nitrogens is 1. The van der Waals surface area contributed by atoms with Crippen LogP contribution in [0.3, 0.4) is 0 Å². The number of amides is 1. The van der Waals surface area contributed by atoms with Gasteiger partial charge in [0, 0.05) is 25.4 Å². The second kappa shape index (κ2) is 5.25. The molecule has 1 aliphatic rings. The minimum Gasteiger partial charge on any atom is -0.397 e. The maximum Gasteiger partial charge on any atom is 0.268 e. The SMILES string of the molecule is CC(C)n1cc(N)cc1C(=O)NCC1(C)CCCO1. The van der Waals surface area contributed by atoms with Gasteiger partial charge in [-0.1, -0.05) is 0 Å². The fourth-order valence-electron chi connectivity index (χ4n) is 2.44. The van der Waals surface area contributed by atoms with Crippen LogP contribution in [0.5, 0.6) is 0 Å². The summed E-state index contributed by atoms with van der Waals surface area (Å²) in [5.74, 6) is -0.0953. The first-order valence-electron chi connectivity index (χ1n) is 6.81. The van der Waals surface area contributed by atoms with Crippen LogP contribution in [0.4, 0.5) is 5.69 Å². The van der Waals surface area contributed by atoms with Crippen molar-refractivity contribution < 1.29 is 9.53 Å². The second-order valence-corrected chi connectivity index (χ2v) is 5.74. The van der Waals surface area contributed by atoms with Gasteiger partial charge in [-0.2, -0.15) is 0 Å². The second-order valence-electron chi connectivity index (χ2n) is 5.74. The van der Waals surface area contributed by atoms with Crippen LogP contribution in [-0.4, -0.2) is 29.2 Å². The smallest absolute Gasteiger partial charge is 0.268 e. The fourth-order valence-corrected chi connectivity index (χ4v) is 2.44. The van der Waals surface area contributed by atoms with Gasteiger partial charge in [0.25, 0.3) is 5.91 Å². The summed E-state index contributed by atoms with van der Waals surface area (Å²) in [5.41, 5.74) is 6.77. The molecule has 1 fully saturated rings. The molecule has 106 valence electrons. The molecule has 19 heavy (non-hydrogen) atoms. The minimum absolute atomic E-state index is 0.0953. The molecule has 5 nitrogen and oxygen atoms in total. The molecule has 2 rings (SSSR count). The third-order valence-corrected chi connectivity index (χ3v) is 3.58. The summed E-state index contributed by atoms with van der Waals surface area (Å²) < 4.78 is 7.55. The quantitative estimate of drug-likeness (QED) is 0.874. The number of nitrogens with one attached hydrogen (secondary N) is 1. The number of carbonyl (C=O) groups excluding carboxylic acids is 1. The summed E-state index contributed by atoms with van der Waals surface area (Å²) in [6.07, 6.45) is 3.84. The molecule has 1 aliphatic heterocycles. The molecule has 1 amide bonds. The third kappa shape index (κ3) is 3.10. The predicted molar refractivity (Wildman–Crippen MR) is 75.2 cm³/mol. The molecule has 0 saturated carbocycles. The molecule has 0 bridgehead atoms. The molecule has 0 aromatic carbocycles. The highest BCUT2D eigenvalue weighted by Crippen LogP contribution is 2.24. The first-order chi connectivity index (χ1) is 8.91. The van der Waals surface area contributed by atoms with Crippen LogP contribution in [0.15, 0.2) is 12.3 Å². The maximum absolute atomic E-state index is 12.2. The molecule has 1 atom stereocenters. The summed E-state index contributed by atoms with van der Waals surface area (Å²) in [5, 5.41) is 2.95. The van der Waals surface area contributed by atoms with Gasteiger partial charge in [0.05, 0.1) is 11.3 Å². The predicted octanol–water partition coefficient (Wildman–Crippen LogP) is 1.95. The van der Waals surface area contributed by atoms with E-state index in [-0.39, 0.29) is 17.6 Å². The van der Waals surface area contributed by atoms with Crippen molar-refractivity contribution in [2.45, 2.75) is 45.3 Å². The Hall–Kier alpha value is -1.49. The van der Waals surface area contributed by atoms with Gasteiger partial charge in [-0.05, 0) is 39.7 Å². The average Bonchev–Trinajstić information content (AvgIpc) is 2.93. The summed E-state index contributed by atoms with van der Waals surface area (Å²) in [4.78, 5) is 12.2. The summed E-state index contributed by atoms with van der Waals surface area (Å²) in [7, 11) is 0. The maximum atomic E-state index is 12.2. The number of hydrogen-bond acceptors (Lipinski definition) is 3. The highest BCUT2D eigenvalue weighted by molar-refractivity contribution is 5.93. The van der Waals surface area contributed by atoms with Gasteiger partial charge in [0.1, 0.15) is 5.69 Å². The van der Waals surface area contributed by atoms with E-state index in [0.29, 0.717) is 17.9 Å². The Kier molecular flexibility index (Phi) is 3.85. The van der Waals surface area contributed by atoms with Crippen molar-refractivity contribution in [3.05, 3.63) is 18.0 Å². The Morgan fingerprint density at radius 2 is 2.37 bits per heavy atom. The molecular formula is C14H23N3O2.